The highest BCUT2D eigenvalue weighted by atomic mass is 32.2. The second kappa shape index (κ2) is 5.13. The number of aryl methyl sites for hydroxylation is 1. The number of sulfonamides is 1. The summed E-state index contributed by atoms with van der Waals surface area (Å²) in [5.74, 6) is -1.07. The Morgan fingerprint density at radius 1 is 1.38 bits per heavy atom. The fourth-order valence-corrected chi connectivity index (χ4v) is 2.74. The van der Waals surface area contributed by atoms with Crippen LogP contribution in [0, 0.1) is 29.8 Å². The minimum atomic E-state index is -4.32. The average Bonchev–Trinajstić information content (AvgIpc) is 2.70. The van der Waals surface area contributed by atoms with E-state index in [1.54, 1.807) is 13.8 Å². The number of nitrogens with zero attached hydrogens (tertiary/aromatic N) is 2. The number of H-pyrrole nitrogens is 1. The normalized spacial score (nSPS) is 11.4. The highest BCUT2D eigenvalue weighted by Crippen LogP contribution is 2.24. The molecule has 0 spiro atoms. The Morgan fingerprint density at radius 3 is 2.57 bits per heavy atom. The highest BCUT2D eigenvalue weighted by molar-refractivity contribution is 7.92. The maximum atomic E-state index is 13.7. The molecule has 2 N–H and O–H groups in total. The molecule has 1 aromatic carbocycles. The van der Waals surface area contributed by atoms with Crippen LogP contribution in [0.5, 0.6) is 0 Å². The van der Waals surface area contributed by atoms with E-state index in [-0.39, 0.29) is 5.82 Å². The first kappa shape index (κ1) is 14.9. The summed E-state index contributed by atoms with van der Waals surface area (Å²) in [4.78, 5) is 9.05. The first-order valence-corrected chi connectivity index (χ1v) is 7.19. The Labute approximate surface area is 119 Å². The molecule has 0 radical (unpaired) electrons. The van der Waals surface area contributed by atoms with Gasteiger partial charge in [0.15, 0.2) is 5.82 Å². The largest absolute Gasteiger partial charge is 0.280 e. The molecule has 2 rings (SSSR count). The lowest BCUT2D eigenvalue weighted by atomic mass is 10.3. The van der Waals surface area contributed by atoms with Crippen LogP contribution in [0.4, 0.5) is 15.9 Å². The number of anilines is 1. The Kier molecular flexibility index (Phi) is 3.64. The van der Waals surface area contributed by atoms with Gasteiger partial charge in [-0.25, -0.2) is 12.8 Å². The lowest BCUT2D eigenvalue weighted by molar-refractivity contribution is -0.385. The quantitative estimate of drug-likeness (QED) is 0.659. The number of halogens is 1. The summed E-state index contributed by atoms with van der Waals surface area (Å²) in [6, 6.07) is 2.28. The predicted octanol–water partition coefficient (Wildman–Crippen LogP) is 1.87. The number of nitrogens with one attached hydrogen (secondary N) is 2. The monoisotopic (exact) mass is 314 g/mol. The number of hydrogen-bond acceptors (Lipinski definition) is 5. The molecule has 2 aromatic rings. The average molecular weight is 314 g/mol. The number of nitro benzene ring substituents is 1. The molecule has 0 atom stereocenters. The van der Waals surface area contributed by atoms with E-state index in [9.17, 15) is 22.9 Å². The maximum absolute atomic E-state index is 13.7. The molecule has 0 amide bonds. The second-order valence-corrected chi connectivity index (χ2v) is 5.95. The lowest BCUT2D eigenvalue weighted by Crippen LogP contribution is -2.15. The molecule has 112 valence electrons. The number of nitro groups is 1. The third kappa shape index (κ3) is 2.84. The molecule has 1 aromatic heterocycles. The summed E-state index contributed by atoms with van der Waals surface area (Å²) in [5, 5.41) is 17.0. The van der Waals surface area contributed by atoms with Crippen molar-refractivity contribution in [3.8, 4) is 0 Å². The molecule has 0 bridgehead atoms. The zero-order chi connectivity index (χ0) is 15.8. The highest BCUT2D eigenvalue weighted by Gasteiger charge is 2.24. The van der Waals surface area contributed by atoms with Crippen molar-refractivity contribution < 1.29 is 17.7 Å². The topological polar surface area (TPSA) is 118 Å². The minimum Gasteiger partial charge on any atom is -0.280 e. The van der Waals surface area contributed by atoms with Crippen LogP contribution in [-0.4, -0.2) is 23.5 Å². The van der Waals surface area contributed by atoms with Crippen molar-refractivity contribution in [1.29, 1.82) is 0 Å². The van der Waals surface area contributed by atoms with Crippen LogP contribution in [0.1, 0.15) is 11.3 Å². The van der Waals surface area contributed by atoms with Gasteiger partial charge in [-0.3, -0.25) is 19.9 Å². The van der Waals surface area contributed by atoms with Gasteiger partial charge in [-0.2, -0.15) is 5.10 Å². The molecule has 21 heavy (non-hydrogen) atoms. The van der Waals surface area contributed by atoms with Crippen molar-refractivity contribution in [2.45, 2.75) is 18.7 Å². The first-order valence-electron chi connectivity index (χ1n) is 5.70. The Balaban J connectivity index is 2.47. The summed E-state index contributed by atoms with van der Waals surface area (Å²) in [5.41, 5.74) is 0.670. The van der Waals surface area contributed by atoms with Gasteiger partial charge in [0, 0.05) is 23.4 Å². The summed E-state index contributed by atoms with van der Waals surface area (Å²) in [6.07, 6.45) is 0. The van der Waals surface area contributed by atoms with E-state index in [0.29, 0.717) is 17.3 Å². The van der Waals surface area contributed by atoms with Gasteiger partial charge in [0.25, 0.3) is 15.7 Å². The molecule has 0 saturated heterocycles. The van der Waals surface area contributed by atoms with Crippen LogP contribution in [0.15, 0.2) is 23.1 Å². The molecule has 0 aliphatic rings. The third-order valence-corrected chi connectivity index (χ3v) is 4.25. The van der Waals surface area contributed by atoms with Crippen LogP contribution in [-0.2, 0) is 10.0 Å². The Morgan fingerprint density at radius 2 is 2.05 bits per heavy atom. The van der Waals surface area contributed by atoms with Crippen molar-refractivity contribution in [2.75, 3.05) is 4.72 Å². The van der Waals surface area contributed by atoms with Crippen LogP contribution in [0.2, 0.25) is 0 Å². The van der Waals surface area contributed by atoms with Crippen molar-refractivity contribution in [1.82, 2.24) is 10.2 Å². The number of hydrogen-bond donors (Lipinski definition) is 2. The van der Waals surface area contributed by atoms with E-state index in [0.717, 1.165) is 12.1 Å². The zero-order valence-electron chi connectivity index (χ0n) is 11.0. The van der Waals surface area contributed by atoms with Crippen LogP contribution in [0.25, 0.3) is 0 Å². The van der Waals surface area contributed by atoms with Gasteiger partial charge in [-0.05, 0) is 19.9 Å². The standard InChI is InChI=1S/C11H11FN4O4S/c1-6-7(2)13-14-11(6)15-21(19,20)10-5-8(16(17)18)3-4-9(10)12/h3-5H,1-2H3,(H2,13,14,15). The maximum Gasteiger partial charge on any atom is 0.271 e. The van der Waals surface area contributed by atoms with E-state index >= 15 is 0 Å². The number of rotatable bonds is 4. The van der Waals surface area contributed by atoms with Gasteiger partial charge in [0.05, 0.1) is 4.92 Å². The molecule has 0 aliphatic heterocycles. The fraction of sp³-hybridized carbons (Fsp3) is 0.182. The Hall–Kier alpha value is -2.49. The minimum absolute atomic E-state index is 0.0124. The fourth-order valence-electron chi connectivity index (χ4n) is 1.58. The predicted molar refractivity (Wildman–Crippen MR) is 71.9 cm³/mol. The van der Waals surface area contributed by atoms with Gasteiger partial charge in [0.2, 0.25) is 0 Å². The van der Waals surface area contributed by atoms with Crippen molar-refractivity contribution >= 4 is 21.5 Å². The van der Waals surface area contributed by atoms with Gasteiger partial charge >= 0.3 is 0 Å². The van der Waals surface area contributed by atoms with Crippen molar-refractivity contribution in [3.05, 3.63) is 45.4 Å². The number of benzene rings is 1. The number of aromatic amines is 1. The smallest absolute Gasteiger partial charge is 0.271 e. The van der Waals surface area contributed by atoms with Crippen LogP contribution >= 0.6 is 0 Å². The second-order valence-electron chi connectivity index (χ2n) is 4.30. The van der Waals surface area contributed by atoms with E-state index in [1.807, 2.05) is 0 Å². The van der Waals surface area contributed by atoms with E-state index < -0.39 is 31.3 Å². The summed E-state index contributed by atoms with van der Waals surface area (Å²) in [6.45, 7) is 3.31. The van der Waals surface area contributed by atoms with E-state index in [4.69, 9.17) is 0 Å². The molecule has 0 aliphatic carbocycles. The molecular formula is C11H11FN4O4S. The number of aromatic nitrogens is 2. The van der Waals surface area contributed by atoms with Gasteiger partial charge in [0.1, 0.15) is 10.7 Å². The zero-order valence-corrected chi connectivity index (χ0v) is 11.9. The van der Waals surface area contributed by atoms with E-state index in [1.165, 1.54) is 0 Å². The van der Waals surface area contributed by atoms with Crippen molar-refractivity contribution in [3.63, 3.8) is 0 Å². The van der Waals surface area contributed by atoms with Gasteiger partial charge in [-0.15, -0.1) is 0 Å². The third-order valence-electron chi connectivity index (χ3n) is 2.90. The summed E-state index contributed by atoms with van der Waals surface area (Å²) < 4.78 is 40.0. The molecule has 0 saturated carbocycles. The van der Waals surface area contributed by atoms with Gasteiger partial charge in [-0.1, -0.05) is 0 Å². The first-order chi connectivity index (χ1) is 9.72. The molecular weight excluding hydrogens is 303 g/mol. The van der Waals surface area contributed by atoms with Gasteiger partial charge < -0.3 is 0 Å². The molecule has 0 fully saturated rings. The van der Waals surface area contributed by atoms with Crippen molar-refractivity contribution in [2.24, 2.45) is 0 Å². The number of non-ortho nitro benzene ring substituents is 1. The Bertz CT molecular complexity index is 816. The van der Waals surface area contributed by atoms with Crippen LogP contribution < -0.4 is 4.72 Å². The molecule has 10 heteroatoms. The summed E-state index contributed by atoms with van der Waals surface area (Å²) >= 11 is 0. The molecule has 8 nitrogen and oxygen atoms in total. The van der Waals surface area contributed by atoms with E-state index in [2.05, 4.69) is 14.9 Å². The SMILES string of the molecule is Cc1[nH]nc(NS(=O)(=O)c2cc([N+](=O)[O-])ccc2F)c1C. The summed E-state index contributed by atoms with van der Waals surface area (Å²) in [7, 11) is -4.32. The van der Waals surface area contributed by atoms with Crippen LogP contribution in [0.3, 0.4) is 0 Å². The lowest BCUT2D eigenvalue weighted by Gasteiger charge is -2.07. The molecule has 1 heterocycles. The molecule has 0 unspecified atom stereocenters.